The second kappa shape index (κ2) is 7.02. The lowest BCUT2D eigenvalue weighted by Gasteiger charge is -2.26. The van der Waals surface area contributed by atoms with Crippen molar-refractivity contribution in [1.82, 2.24) is 4.90 Å². The Bertz CT molecular complexity index is 895. The molecular weight excluding hydrogens is 347 g/mol. The largest absolute Gasteiger partial charge is 0.497 e. The summed E-state index contributed by atoms with van der Waals surface area (Å²) in [4.78, 5) is 26.3. The Balaban J connectivity index is 1.62. The third-order valence-electron chi connectivity index (χ3n) is 5.33. The van der Waals surface area contributed by atoms with Crippen LogP contribution in [0.25, 0.3) is 0 Å². The average Bonchev–Trinajstić information content (AvgIpc) is 3.16. The Morgan fingerprint density at radius 2 is 2.00 bits per heavy atom. The first kappa shape index (κ1) is 17.5. The molecule has 1 N–H and O–H groups in total. The fourth-order valence-electron chi connectivity index (χ4n) is 3.90. The van der Waals surface area contributed by atoms with Gasteiger partial charge in [-0.15, -0.1) is 0 Å². The van der Waals surface area contributed by atoms with Crippen LogP contribution in [-0.4, -0.2) is 30.4 Å². The number of carbonyl (C=O) groups excluding carboxylic acids is 2. The van der Waals surface area contributed by atoms with Crippen LogP contribution in [0.5, 0.6) is 5.75 Å². The van der Waals surface area contributed by atoms with E-state index < -0.39 is 5.82 Å². The summed E-state index contributed by atoms with van der Waals surface area (Å²) in [6, 6.07) is 10.4. The smallest absolute Gasteiger partial charge is 0.257 e. The predicted octanol–water partition coefficient (Wildman–Crippen LogP) is 3.70. The molecule has 0 bridgehead atoms. The molecule has 0 unspecified atom stereocenters. The van der Waals surface area contributed by atoms with Gasteiger partial charge in [-0.25, -0.2) is 4.39 Å². The molecule has 1 fully saturated rings. The lowest BCUT2D eigenvalue weighted by atomic mass is 9.98. The molecule has 5 nitrogen and oxygen atoms in total. The van der Waals surface area contributed by atoms with E-state index in [1.807, 2.05) is 24.3 Å². The van der Waals surface area contributed by atoms with E-state index in [1.54, 1.807) is 18.1 Å². The van der Waals surface area contributed by atoms with Crippen LogP contribution in [0.3, 0.4) is 0 Å². The van der Waals surface area contributed by atoms with Gasteiger partial charge >= 0.3 is 0 Å². The van der Waals surface area contributed by atoms with E-state index in [1.165, 1.54) is 6.07 Å². The number of ether oxygens (including phenoxy) is 1. The van der Waals surface area contributed by atoms with E-state index in [0.29, 0.717) is 25.1 Å². The van der Waals surface area contributed by atoms with E-state index >= 15 is 0 Å². The summed E-state index contributed by atoms with van der Waals surface area (Å²) in [7, 11) is 1.61. The van der Waals surface area contributed by atoms with Crippen LogP contribution in [0.4, 0.5) is 10.1 Å². The quantitative estimate of drug-likeness (QED) is 0.899. The maximum atomic E-state index is 14.6. The van der Waals surface area contributed by atoms with Crippen LogP contribution in [0.2, 0.25) is 0 Å². The van der Waals surface area contributed by atoms with Crippen molar-refractivity contribution in [3.05, 3.63) is 58.9 Å². The van der Waals surface area contributed by atoms with Crippen molar-refractivity contribution in [2.24, 2.45) is 0 Å². The summed E-state index contributed by atoms with van der Waals surface area (Å²) in [5.41, 5.74) is 2.37. The molecule has 1 atom stereocenters. The van der Waals surface area contributed by atoms with Crippen molar-refractivity contribution >= 4 is 17.5 Å². The minimum atomic E-state index is -0.596. The maximum Gasteiger partial charge on any atom is 0.257 e. The van der Waals surface area contributed by atoms with Crippen LogP contribution < -0.4 is 10.1 Å². The Morgan fingerprint density at radius 3 is 2.74 bits per heavy atom. The van der Waals surface area contributed by atoms with Gasteiger partial charge in [0.25, 0.3) is 5.91 Å². The fourth-order valence-corrected chi connectivity index (χ4v) is 3.90. The Hall–Kier alpha value is -2.89. The van der Waals surface area contributed by atoms with Crippen LogP contribution in [0.15, 0.2) is 36.4 Å². The molecule has 0 spiro atoms. The first-order valence-corrected chi connectivity index (χ1v) is 9.14. The van der Waals surface area contributed by atoms with E-state index in [2.05, 4.69) is 5.32 Å². The Kier molecular flexibility index (Phi) is 4.56. The van der Waals surface area contributed by atoms with E-state index in [9.17, 15) is 14.0 Å². The number of anilines is 1. The molecule has 0 radical (unpaired) electrons. The minimum absolute atomic E-state index is 0.0708. The first-order chi connectivity index (χ1) is 13.1. The van der Waals surface area contributed by atoms with Gasteiger partial charge in [0.15, 0.2) is 0 Å². The molecule has 0 saturated carbocycles. The SMILES string of the molecule is COc1ccc([C@H]2CCCN2C(=O)c2cc3c(cc2F)NC(=O)CC3)cc1. The molecule has 2 aliphatic rings. The Morgan fingerprint density at radius 1 is 1.22 bits per heavy atom. The Labute approximate surface area is 157 Å². The van der Waals surface area contributed by atoms with Crippen LogP contribution in [0, 0.1) is 5.82 Å². The van der Waals surface area contributed by atoms with Gasteiger partial charge < -0.3 is 15.0 Å². The molecule has 2 heterocycles. The summed E-state index contributed by atoms with van der Waals surface area (Å²) >= 11 is 0. The zero-order valence-corrected chi connectivity index (χ0v) is 15.1. The van der Waals surface area contributed by atoms with Gasteiger partial charge in [0.1, 0.15) is 11.6 Å². The summed E-state index contributed by atoms with van der Waals surface area (Å²) in [5, 5.41) is 2.67. The lowest BCUT2D eigenvalue weighted by molar-refractivity contribution is -0.116. The van der Waals surface area contributed by atoms with E-state index in [4.69, 9.17) is 4.74 Å². The summed E-state index contributed by atoms with van der Waals surface area (Å²) < 4.78 is 19.8. The van der Waals surface area contributed by atoms with Gasteiger partial charge in [-0.3, -0.25) is 9.59 Å². The zero-order valence-electron chi connectivity index (χ0n) is 15.1. The standard InChI is InChI=1S/C21H21FN2O3/c1-27-15-7-4-13(5-8-15)19-3-2-10-24(19)21(26)16-11-14-6-9-20(25)23-18(14)12-17(16)22/h4-5,7-8,11-12,19H,2-3,6,9-10H2,1H3,(H,23,25)/t19-/m1/s1. The van der Waals surface area contributed by atoms with Gasteiger partial charge in [-0.05, 0) is 54.7 Å². The number of rotatable bonds is 3. The number of methoxy groups -OCH3 is 1. The van der Waals surface area contributed by atoms with Crippen LogP contribution in [-0.2, 0) is 11.2 Å². The highest BCUT2D eigenvalue weighted by Crippen LogP contribution is 2.35. The van der Waals surface area contributed by atoms with Gasteiger partial charge in [0, 0.05) is 18.7 Å². The molecule has 0 aromatic heterocycles. The first-order valence-electron chi connectivity index (χ1n) is 9.14. The number of fused-ring (bicyclic) bond motifs is 1. The van der Waals surface area contributed by atoms with Crippen molar-refractivity contribution in [1.29, 1.82) is 0 Å². The number of aryl methyl sites for hydroxylation is 1. The van der Waals surface area contributed by atoms with Crippen molar-refractivity contribution < 1.29 is 18.7 Å². The number of carbonyl (C=O) groups is 2. The molecule has 2 aliphatic heterocycles. The van der Waals surface area contributed by atoms with Crippen molar-refractivity contribution in [3.8, 4) is 5.75 Å². The highest BCUT2D eigenvalue weighted by atomic mass is 19.1. The number of halogens is 1. The molecule has 0 aliphatic carbocycles. The number of nitrogens with one attached hydrogen (secondary N) is 1. The molecule has 2 aromatic rings. The van der Waals surface area contributed by atoms with Gasteiger partial charge in [0.05, 0.1) is 18.7 Å². The van der Waals surface area contributed by atoms with Gasteiger partial charge in [-0.2, -0.15) is 0 Å². The molecule has 1 saturated heterocycles. The minimum Gasteiger partial charge on any atom is -0.497 e. The number of hydrogen-bond acceptors (Lipinski definition) is 3. The molecule has 2 amide bonds. The number of nitrogens with zero attached hydrogens (tertiary/aromatic N) is 1. The molecule has 6 heteroatoms. The number of benzene rings is 2. The average molecular weight is 368 g/mol. The highest BCUT2D eigenvalue weighted by molar-refractivity contribution is 5.98. The number of hydrogen-bond donors (Lipinski definition) is 1. The maximum absolute atomic E-state index is 14.6. The van der Waals surface area contributed by atoms with Crippen molar-refractivity contribution in [2.75, 3.05) is 19.0 Å². The van der Waals surface area contributed by atoms with Gasteiger partial charge in [-0.1, -0.05) is 12.1 Å². The summed E-state index contributed by atoms with van der Waals surface area (Å²) in [6.45, 7) is 0.600. The molecule has 2 aromatic carbocycles. The molecule has 4 rings (SSSR count). The second-order valence-corrected chi connectivity index (χ2v) is 6.97. The third kappa shape index (κ3) is 3.27. The zero-order chi connectivity index (χ0) is 19.0. The van der Waals surface area contributed by atoms with E-state index in [-0.39, 0.29) is 23.4 Å². The normalized spacial score (nSPS) is 18.8. The molecule has 27 heavy (non-hydrogen) atoms. The predicted molar refractivity (Wildman–Crippen MR) is 99.4 cm³/mol. The van der Waals surface area contributed by atoms with Crippen LogP contribution >= 0.6 is 0 Å². The highest BCUT2D eigenvalue weighted by Gasteiger charge is 2.32. The number of likely N-dealkylation sites (tertiary alicyclic amines) is 1. The summed E-state index contributed by atoms with van der Waals surface area (Å²) in [5.74, 6) is -0.260. The monoisotopic (exact) mass is 368 g/mol. The third-order valence-corrected chi connectivity index (χ3v) is 5.33. The molecular formula is C21H21FN2O3. The fraction of sp³-hybridized carbons (Fsp3) is 0.333. The van der Waals surface area contributed by atoms with E-state index in [0.717, 1.165) is 29.7 Å². The molecule has 140 valence electrons. The van der Waals surface area contributed by atoms with Gasteiger partial charge in [0.2, 0.25) is 5.91 Å². The second-order valence-electron chi connectivity index (χ2n) is 6.97. The van der Waals surface area contributed by atoms with Crippen molar-refractivity contribution in [2.45, 2.75) is 31.7 Å². The lowest BCUT2D eigenvalue weighted by Crippen LogP contribution is -2.31. The topological polar surface area (TPSA) is 58.6 Å². The number of amides is 2. The van der Waals surface area contributed by atoms with Crippen molar-refractivity contribution in [3.63, 3.8) is 0 Å². The van der Waals surface area contributed by atoms with Crippen LogP contribution in [0.1, 0.15) is 46.8 Å². The summed E-state index contributed by atoms with van der Waals surface area (Å²) in [6.07, 6.45) is 2.60.